The molecule has 140 valence electrons. The number of nitrogens with zero attached hydrogens (tertiary/aromatic N) is 4. The van der Waals surface area contributed by atoms with Gasteiger partial charge in [-0.2, -0.15) is 0 Å². The molecule has 0 amide bonds. The first kappa shape index (κ1) is 17.6. The summed E-state index contributed by atoms with van der Waals surface area (Å²) >= 11 is 0. The molecule has 7 heteroatoms. The van der Waals surface area contributed by atoms with E-state index in [4.69, 9.17) is 4.74 Å². The summed E-state index contributed by atoms with van der Waals surface area (Å²) in [5, 5.41) is 0.566. The third-order valence-corrected chi connectivity index (χ3v) is 4.81. The van der Waals surface area contributed by atoms with Gasteiger partial charge in [0.25, 0.3) is 5.56 Å². The van der Waals surface area contributed by atoms with E-state index in [9.17, 15) is 4.79 Å². The molecule has 0 saturated carbocycles. The number of aromatic amines is 1. The number of fused-ring (bicyclic) bond motifs is 1. The van der Waals surface area contributed by atoms with Crippen LogP contribution in [0.25, 0.3) is 22.3 Å². The number of H-pyrrole nitrogens is 1. The van der Waals surface area contributed by atoms with Crippen LogP contribution in [0.3, 0.4) is 0 Å². The summed E-state index contributed by atoms with van der Waals surface area (Å²) in [4.78, 5) is 30.4. The molecule has 1 aliphatic rings. The molecule has 0 atom stereocenters. The van der Waals surface area contributed by atoms with Gasteiger partial charge in [-0.3, -0.25) is 4.79 Å². The molecule has 0 spiro atoms. The number of hydrogen-bond donors (Lipinski definition) is 1. The second-order valence-corrected chi connectivity index (χ2v) is 6.79. The number of benzene rings is 1. The van der Waals surface area contributed by atoms with Gasteiger partial charge in [-0.1, -0.05) is 18.6 Å². The fourth-order valence-corrected chi connectivity index (χ4v) is 3.37. The van der Waals surface area contributed by atoms with Crippen molar-refractivity contribution < 1.29 is 4.74 Å². The Labute approximate surface area is 157 Å². The van der Waals surface area contributed by atoms with Crippen LogP contribution in [-0.2, 0) is 0 Å². The van der Waals surface area contributed by atoms with Crippen molar-refractivity contribution in [1.82, 2.24) is 24.8 Å². The minimum absolute atomic E-state index is 0.173. The molecular weight excluding hydrogens is 342 g/mol. The van der Waals surface area contributed by atoms with E-state index in [1.165, 1.54) is 32.4 Å². The van der Waals surface area contributed by atoms with Gasteiger partial charge < -0.3 is 14.6 Å². The maximum Gasteiger partial charge on any atom is 0.316 e. The van der Waals surface area contributed by atoms with E-state index in [-0.39, 0.29) is 5.56 Å². The molecule has 2 aromatic heterocycles. The van der Waals surface area contributed by atoms with Crippen molar-refractivity contribution in [1.29, 1.82) is 0 Å². The molecule has 7 nitrogen and oxygen atoms in total. The highest BCUT2D eigenvalue weighted by Gasteiger charge is 2.10. The Hall–Kier alpha value is -2.80. The van der Waals surface area contributed by atoms with Crippen molar-refractivity contribution in [3.05, 3.63) is 47.0 Å². The monoisotopic (exact) mass is 365 g/mol. The lowest BCUT2D eigenvalue weighted by molar-refractivity contribution is 0.200. The number of ether oxygens (including phenoxy) is 1. The smallest absolute Gasteiger partial charge is 0.316 e. The molecule has 3 heterocycles. The van der Waals surface area contributed by atoms with Gasteiger partial charge >= 0.3 is 6.01 Å². The van der Waals surface area contributed by atoms with Crippen LogP contribution in [0.4, 0.5) is 0 Å². The topological polar surface area (TPSA) is 84.0 Å². The fraction of sp³-hybridized carbons (Fsp3) is 0.400. The molecule has 0 unspecified atom stereocenters. The summed E-state index contributed by atoms with van der Waals surface area (Å²) in [6.07, 6.45) is 8.17. The normalized spacial score (nSPS) is 15.1. The first-order chi connectivity index (χ1) is 13.3. The second kappa shape index (κ2) is 8.26. The Morgan fingerprint density at radius 3 is 2.67 bits per heavy atom. The van der Waals surface area contributed by atoms with Gasteiger partial charge in [-0.05, 0) is 44.5 Å². The Morgan fingerprint density at radius 2 is 1.85 bits per heavy atom. The van der Waals surface area contributed by atoms with Crippen molar-refractivity contribution >= 4 is 10.9 Å². The number of likely N-dealkylation sites (tertiary alicyclic amines) is 1. The Morgan fingerprint density at radius 1 is 1.07 bits per heavy atom. The summed E-state index contributed by atoms with van der Waals surface area (Å²) in [6.45, 7) is 4.05. The van der Waals surface area contributed by atoms with E-state index in [2.05, 4.69) is 24.8 Å². The zero-order valence-corrected chi connectivity index (χ0v) is 15.2. The van der Waals surface area contributed by atoms with Crippen molar-refractivity contribution in [3.63, 3.8) is 0 Å². The van der Waals surface area contributed by atoms with Crippen LogP contribution in [0.5, 0.6) is 6.01 Å². The van der Waals surface area contributed by atoms with Gasteiger partial charge in [-0.25, -0.2) is 15.0 Å². The molecule has 1 aromatic carbocycles. The van der Waals surface area contributed by atoms with Gasteiger partial charge in [0.15, 0.2) is 0 Å². The number of aromatic nitrogens is 4. The van der Waals surface area contributed by atoms with Gasteiger partial charge in [0.1, 0.15) is 5.82 Å². The van der Waals surface area contributed by atoms with Crippen LogP contribution in [0.1, 0.15) is 25.7 Å². The molecule has 0 bridgehead atoms. The van der Waals surface area contributed by atoms with Crippen LogP contribution in [-0.4, -0.2) is 51.1 Å². The van der Waals surface area contributed by atoms with Gasteiger partial charge in [-0.15, -0.1) is 0 Å². The highest BCUT2D eigenvalue weighted by molar-refractivity contribution is 5.79. The van der Waals surface area contributed by atoms with Gasteiger partial charge in [0, 0.05) is 18.9 Å². The van der Waals surface area contributed by atoms with E-state index < -0.39 is 0 Å². The zero-order valence-electron chi connectivity index (χ0n) is 15.2. The maximum absolute atomic E-state index is 12.2. The Kier molecular flexibility index (Phi) is 5.39. The molecule has 1 aliphatic heterocycles. The number of nitrogens with one attached hydrogen (secondary N) is 1. The largest absolute Gasteiger partial charge is 0.463 e. The molecular formula is C20H23N5O2. The summed E-state index contributed by atoms with van der Waals surface area (Å²) in [6, 6.07) is 7.59. The molecule has 0 radical (unpaired) electrons. The molecule has 1 fully saturated rings. The van der Waals surface area contributed by atoms with Gasteiger partial charge in [0.2, 0.25) is 0 Å². The third kappa shape index (κ3) is 4.31. The lowest BCUT2D eigenvalue weighted by atomic mass is 10.1. The van der Waals surface area contributed by atoms with Crippen molar-refractivity contribution in [3.8, 4) is 17.4 Å². The number of piperidine rings is 1. The van der Waals surface area contributed by atoms with E-state index in [0.29, 0.717) is 34.9 Å². The maximum atomic E-state index is 12.2. The molecule has 1 N–H and O–H groups in total. The first-order valence-corrected chi connectivity index (χ1v) is 9.46. The van der Waals surface area contributed by atoms with Crippen LogP contribution in [0.2, 0.25) is 0 Å². The van der Waals surface area contributed by atoms with Gasteiger partial charge in [0.05, 0.1) is 23.1 Å². The molecule has 3 aromatic rings. The lowest BCUT2D eigenvalue weighted by Gasteiger charge is -2.26. The van der Waals surface area contributed by atoms with Crippen LogP contribution < -0.4 is 10.3 Å². The van der Waals surface area contributed by atoms with Crippen molar-refractivity contribution in [2.45, 2.75) is 25.7 Å². The highest BCUT2D eigenvalue weighted by atomic mass is 16.5. The summed E-state index contributed by atoms with van der Waals surface area (Å²) in [5.41, 5.74) is 1.13. The van der Waals surface area contributed by atoms with Crippen molar-refractivity contribution in [2.75, 3.05) is 26.2 Å². The Balaban J connectivity index is 1.36. The van der Waals surface area contributed by atoms with E-state index >= 15 is 0 Å². The fourth-order valence-electron chi connectivity index (χ4n) is 3.37. The predicted molar refractivity (Wildman–Crippen MR) is 104 cm³/mol. The number of hydrogen-bond acceptors (Lipinski definition) is 6. The molecule has 27 heavy (non-hydrogen) atoms. The SMILES string of the molecule is O=c1[nH]c(-c2cnc(OCCCN3CCCCC3)nc2)nc2ccccc12. The first-order valence-electron chi connectivity index (χ1n) is 9.46. The molecule has 1 saturated heterocycles. The van der Waals surface area contributed by atoms with Crippen molar-refractivity contribution in [2.24, 2.45) is 0 Å². The molecule has 0 aliphatic carbocycles. The minimum Gasteiger partial charge on any atom is -0.463 e. The van der Waals surface area contributed by atoms with E-state index in [1.54, 1.807) is 18.5 Å². The summed E-state index contributed by atoms with van der Waals surface area (Å²) in [5.74, 6) is 0.454. The number of para-hydroxylation sites is 1. The second-order valence-electron chi connectivity index (χ2n) is 6.79. The lowest BCUT2D eigenvalue weighted by Crippen LogP contribution is -2.31. The van der Waals surface area contributed by atoms with Crippen LogP contribution in [0.15, 0.2) is 41.5 Å². The summed E-state index contributed by atoms with van der Waals surface area (Å²) < 4.78 is 5.64. The average molecular weight is 365 g/mol. The third-order valence-electron chi connectivity index (χ3n) is 4.81. The predicted octanol–water partition coefficient (Wildman–Crippen LogP) is 2.63. The quantitative estimate of drug-likeness (QED) is 0.676. The standard InChI is InChI=1S/C20H23N5O2/c26-19-16-7-2-3-8-17(16)23-18(24-19)15-13-21-20(22-14-15)27-12-6-11-25-9-4-1-5-10-25/h2-3,7-8,13-14H,1,4-6,9-12H2,(H,23,24,26). The highest BCUT2D eigenvalue weighted by Crippen LogP contribution is 2.16. The molecule has 4 rings (SSSR count). The zero-order chi connectivity index (χ0) is 18.5. The van der Waals surface area contributed by atoms with E-state index in [1.807, 2.05) is 18.2 Å². The minimum atomic E-state index is -0.173. The number of rotatable bonds is 6. The summed E-state index contributed by atoms with van der Waals surface area (Å²) in [7, 11) is 0. The van der Waals surface area contributed by atoms with Crippen LogP contribution >= 0.6 is 0 Å². The average Bonchev–Trinajstić information content (AvgIpc) is 2.72. The Bertz CT molecular complexity index is 948. The van der Waals surface area contributed by atoms with E-state index in [0.717, 1.165) is 13.0 Å². The van der Waals surface area contributed by atoms with Crippen LogP contribution in [0, 0.1) is 0 Å².